The van der Waals surface area contributed by atoms with E-state index in [9.17, 15) is 4.79 Å². The summed E-state index contributed by atoms with van der Waals surface area (Å²) in [7, 11) is 0. The number of hydrogen-bond donors (Lipinski definition) is 2. The van der Waals surface area contributed by atoms with Gasteiger partial charge in [-0.1, -0.05) is 0 Å². The molecule has 0 spiro atoms. The molecule has 0 saturated heterocycles. The number of carbonyl (C=O) groups is 1. The fourth-order valence-corrected chi connectivity index (χ4v) is 2.68. The van der Waals surface area contributed by atoms with Crippen LogP contribution >= 0.6 is 0 Å². The normalized spacial score (nSPS) is 19.9. The molecular weight excluding hydrogens is 304 g/mol. The first kappa shape index (κ1) is 15.7. The highest BCUT2D eigenvalue weighted by Gasteiger charge is 2.29. The van der Waals surface area contributed by atoms with Crippen LogP contribution in [0.1, 0.15) is 55.8 Å². The minimum atomic E-state index is -0.0691. The highest BCUT2D eigenvalue weighted by Crippen LogP contribution is 2.40. The smallest absolute Gasteiger partial charge is 0.258 e. The Bertz CT molecular complexity index is 622. The van der Waals surface area contributed by atoms with Crippen molar-refractivity contribution in [3.63, 3.8) is 0 Å². The van der Waals surface area contributed by atoms with Crippen LogP contribution in [-0.2, 0) is 4.79 Å². The van der Waals surface area contributed by atoms with Gasteiger partial charge in [0.05, 0.1) is 5.56 Å². The molecule has 0 aromatic carbocycles. The molecule has 3 saturated carbocycles. The minimum Gasteiger partial charge on any atom is -0.467 e. The molecule has 1 amide bonds. The lowest BCUT2D eigenvalue weighted by molar-refractivity contribution is -0.123. The van der Waals surface area contributed by atoms with E-state index in [1.165, 1.54) is 25.7 Å². The fraction of sp³-hybridized carbons (Fsp3) is 0.722. The Morgan fingerprint density at radius 1 is 1.08 bits per heavy atom. The Balaban J connectivity index is 1.40. The van der Waals surface area contributed by atoms with Gasteiger partial charge in [-0.15, -0.1) is 0 Å². The Kier molecular flexibility index (Phi) is 4.29. The Morgan fingerprint density at radius 3 is 2.46 bits per heavy atom. The highest BCUT2D eigenvalue weighted by molar-refractivity contribution is 5.77. The second kappa shape index (κ2) is 6.57. The summed E-state index contributed by atoms with van der Waals surface area (Å²) < 4.78 is 5.73. The zero-order chi connectivity index (χ0) is 16.5. The molecule has 4 rings (SSSR count). The van der Waals surface area contributed by atoms with Crippen LogP contribution in [0.15, 0.2) is 0 Å². The van der Waals surface area contributed by atoms with Crippen molar-refractivity contribution in [3.05, 3.63) is 11.4 Å². The Morgan fingerprint density at radius 2 is 1.79 bits per heavy atom. The molecular formula is C18H26N4O2. The molecule has 0 radical (unpaired) electrons. The van der Waals surface area contributed by atoms with Gasteiger partial charge in [-0.05, 0) is 57.3 Å². The molecule has 2 N–H and O–H groups in total. The molecule has 0 aliphatic heterocycles. The molecule has 3 aliphatic rings. The van der Waals surface area contributed by atoms with Crippen molar-refractivity contribution in [1.82, 2.24) is 15.3 Å². The lowest BCUT2D eigenvalue weighted by Crippen LogP contribution is -2.30. The summed E-state index contributed by atoms with van der Waals surface area (Å²) in [6, 6.07) is 0. The summed E-state index contributed by atoms with van der Waals surface area (Å²) in [6.45, 7) is 3.72. The highest BCUT2D eigenvalue weighted by atomic mass is 16.5. The molecule has 0 bridgehead atoms. The predicted octanol–water partition coefficient (Wildman–Crippen LogP) is 2.39. The lowest BCUT2D eigenvalue weighted by Gasteiger charge is -2.14. The zero-order valence-electron chi connectivity index (χ0n) is 14.3. The molecule has 1 heterocycles. The van der Waals surface area contributed by atoms with Crippen LogP contribution in [-0.4, -0.2) is 35.6 Å². The number of ether oxygens (including phenoxy) is 1. The number of rotatable bonds is 9. The number of amides is 1. The third kappa shape index (κ3) is 4.16. The summed E-state index contributed by atoms with van der Waals surface area (Å²) in [5.41, 5.74) is 0.898. The van der Waals surface area contributed by atoms with E-state index in [1.54, 1.807) is 0 Å². The minimum absolute atomic E-state index is 0.0245. The fourth-order valence-electron chi connectivity index (χ4n) is 2.68. The number of aromatic nitrogens is 2. The van der Waals surface area contributed by atoms with Gasteiger partial charge in [-0.3, -0.25) is 4.79 Å². The molecule has 130 valence electrons. The van der Waals surface area contributed by atoms with Gasteiger partial charge in [0, 0.05) is 19.0 Å². The zero-order valence-corrected chi connectivity index (χ0v) is 14.3. The van der Waals surface area contributed by atoms with Gasteiger partial charge in [0.15, 0.2) is 6.61 Å². The molecule has 1 aromatic heterocycles. The average Bonchev–Trinajstić information content (AvgIpc) is 3.44. The maximum Gasteiger partial charge on any atom is 0.258 e. The molecule has 3 fully saturated rings. The summed E-state index contributed by atoms with van der Waals surface area (Å²) in [4.78, 5) is 21.2. The number of nitrogens with zero attached hydrogens (tertiary/aromatic N) is 2. The van der Waals surface area contributed by atoms with E-state index in [1.807, 2.05) is 6.92 Å². The summed E-state index contributed by atoms with van der Waals surface area (Å²) in [5, 5.41) is 6.37. The first-order chi connectivity index (χ1) is 11.7. The molecule has 6 heteroatoms. The van der Waals surface area contributed by atoms with Crippen LogP contribution in [0.2, 0.25) is 0 Å². The Labute approximate surface area is 142 Å². The van der Waals surface area contributed by atoms with Crippen LogP contribution < -0.4 is 15.4 Å². The van der Waals surface area contributed by atoms with Gasteiger partial charge in [-0.2, -0.15) is 4.98 Å². The van der Waals surface area contributed by atoms with Crippen molar-refractivity contribution in [2.75, 3.05) is 25.0 Å². The van der Waals surface area contributed by atoms with E-state index in [2.05, 4.69) is 20.6 Å². The van der Waals surface area contributed by atoms with Gasteiger partial charge < -0.3 is 15.4 Å². The first-order valence-corrected chi connectivity index (χ1v) is 9.21. The Hall–Kier alpha value is -1.85. The standard InChI is InChI=1S/C18H26N4O2/c1-11-16(20-9-13-4-5-13)21-17(14-6-7-14)22-18(11)24-10-15(23)19-8-12-2-3-12/h12-14H,2-10H2,1H3,(H,19,23)(H,20,21,22). The largest absolute Gasteiger partial charge is 0.467 e. The van der Waals surface area contributed by atoms with Gasteiger partial charge in [0.1, 0.15) is 11.6 Å². The van der Waals surface area contributed by atoms with Crippen molar-refractivity contribution in [3.8, 4) is 5.88 Å². The number of anilines is 1. The van der Waals surface area contributed by atoms with Crippen molar-refractivity contribution in [1.29, 1.82) is 0 Å². The van der Waals surface area contributed by atoms with Crippen molar-refractivity contribution >= 4 is 11.7 Å². The molecule has 24 heavy (non-hydrogen) atoms. The SMILES string of the molecule is Cc1c(NCC2CC2)nc(C2CC2)nc1OCC(=O)NCC1CC1. The van der Waals surface area contributed by atoms with Crippen LogP contribution in [0.25, 0.3) is 0 Å². The van der Waals surface area contributed by atoms with Crippen molar-refractivity contribution in [2.24, 2.45) is 11.8 Å². The van der Waals surface area contributed by atoms with Crippen LogP contribution in [0, 0.1) is 18.8 Å². The van der Waals surface area contributed by atoms with E-state index in [4.69, 9.17) is 4.74 Å². The first-order valence-electron chi connectivity index (χ1n) is 9.21. The van der Waals surface area contributed by atoms with E-state index >= 15 is 0 Å². The monoisotopic (exact) mass is 330 g/mol. The quantitative estimate of drug-likeness (QED) is 0.727. The van der Waals surface area contributed by atoms with Crippen LogP contribution in [0.3, 0.4) is 0 Å². The van der Waals surface area contributed by atoms with Crippen LogP contribution in [0.5, 0.6) is 5.88 Å². The summed E-state index contributed by atoms with van der Waals surface area (Å²) in [6.07, 6.45) is 7.35. The van der Waals surface area contributed by atoms with Gasteiger partial charge in [-0.25, -0.2) is 4.98 Å². The summed E-state index contributed by atoms with van der Waals surface area (Å²) in [5.74, 6) is 4.11. The second-order valence-electron chi connectivity index (χ2n) is 7.50. The van der Waals surface area contributed by atoms with Crippen LogP contribution in [0.4, 0.5) is 5.82 Å². The van der Waals surface area contributed by atoms with E-state index in [0.717, 1.165) is 49.1 Å². The van der Waals surface area contributed by atoms with Gasteiger partial charge in [0.2, 0.25) is 5.88 Å². The lowest BCUT2D eigenvalue weighted by atomic mass is 10.3. The van der Waals surface area contributed by atoms with Crippen molar-refractivity contribution < 1.29 is 9.53 Å². The third-order valence-electron chi connectivity index (χ3n) is 4.94. The molecule has 0 atom stereocenters. The topological polar surface area (TPSA) is 76.1 Å². The van der Waals surface area contributed by atoms with E-state index in [-0.39, 0.29) is 12.5 Å². The second-order valence-corrected chi connectivity index (χ2v) is 7.50. The third-order valence-corrected chi connectivity index (χ3v) is 4.94. The van der Waals surface area contributed by atoms with Crippen molar-refractivity contribution in [2.45, 2.75) is 51.4 Å². The number of hydrogen-bond acceptors (Lipinski definition) is 5. The molecule has 3 aliphatic carbocycles. The summed E-state index contributed by atoms with van der Waals surface area (Å²) >= 11 is 0. The maximum atomic E-state index is 11.9. The predicted molar refractivity (Wildman–Crippen MR) is 91.2 cm³/mol. The maximum absolute atomic E-state index is 11.9. The molecule has 6 nitrogen and oxygen atoms in total. The van der Waals surface area contributed by atoms with E-state index < -0.39 is 0 Å². The number of nitrogens with one attached hydrogen (secondary N) is 2. The molecule has 1 aromatic rings. The number of carbonyl (C=O) groups excluding carboxylic acids is 1. The van der Waals surface area contributed by atoms with Gasteiger partial charge in [0.25, 0.3) is 5.91 Å². The van der Waals surface area contributed by atoms with Gasteiger partial charge >= 0.3 is 0 Å². The molecule has 0 unspecified atom stereocenters. The van der Waals surface area contributed by atoms with E-state index in [0.29, 0.717) is 17.7 Å². The average molecular weight is 330 g/mol.